The minimum Gasteiger partial charge on any atom is -0.367 e. The summed E-state index contributed by atoms with van der Waals surface area (Å²) >= 11 is 0. The Bertz CT molecular complexity index is 396. The van der Waals surface area contributed by atoms with Crippen molar-refractivity contribution in [3.8, 4) is 0 Å². The maximum absolute atomic E-state index is 12.5. The summed E-state index contributed by atoms with van der Waals surface area (Å²) in [7, 11) is 0. The van der Waals surface area contributed by atoms with E-state index < -0.39 is 0 Å². The quantitative estimate of drug-likeness (QED) is 0.623. The third kappa shape index (κ3) is 0.832. The first-order valence-corrected chi connectivity index (χ1v) is 3.08. The van der Waals surface area contributed by atoms with Gasteiger partial charge in [-0.25, -0.2) is 4.39 Å². The predicted molar refractivity (Wildman–Crippen MR) is 38.4 cm³/mol. The Hall–Kier alpha value is -1.58. The highest BCUT2D eigenvalue weighted by molar-refractivity contribution is 5.86. The fourth-order valence-corrected chi connectivity index (χ4v) is 0.936. The number of benzene rings is 1. The van der Waals surface area contributed by atoms with Crippen LogP contribution in [0.5, 0.6) is 0 Å². The Kier molecular flexibility index (Phi) is 1.09. The van der Waals surface area contributed by atoms with Crippen LogP contribution in [0.3, 0.4) is 0 Å². The monoisotopic (exact) mass is 152 g/mol. The summed E-state index contributed by atoms with van der Waals surface area (Å²) in [5, 5.41) is 4.18. The van der Waals surface area contributed by atoms with Crippen molar-refractivity contribution in [1.29, 1.82) is 0 Å². The topological polar surface area (TPSA) is 52.0 Å². The first kappa shape index (κ1) is 6.15. The standard InChI is InChI=1S/C7H5FN2O/c8-4-1-2-5-6(3-4)10-11-7(5)9/h1-3H,9H2. The lowest BCUT2D eigenvalue weighted by Crippen LogP contribution is -1.79. The van der Waals surface area contributed by atoms with Gasteiger partial charge in [0.25, 0.3) is 0 Å². The van der Waals surface area contributed by atoms with Gasteiger partial charge < -0.3 is 10.3 Å². The minimum atomic E-state index is -0.342. The summed E-state index contributed by atoms with van der Waals surface area (Å²) in [6, 6.07) is 4.13. The molecule has 0 fully saturated rings. The summed E-state index contributed by atoms with van der Waals surface area (Å²) in [5.74, 6) is -0.120. The van der Waals surface area contributed by atoms with Gasteiger partial charge in [0.05, 0.1) is 5.39 Å². The van der Waals surface area contributed by atoms with Crippen LogP contribution in [0.2, 0.25) is 0 Å². The molecule has 0 bridgehead atoms. The number of hydrogen-bond acceptors (Lipinski definition) is 3. The molecule has 2 N–H and O–H groups in total. The molecule has 0 aliphatic carbocycles. The van der Waals surface area contributed by atoms with Crippen LogP contribution in [0.4, 0.5) is 10.3 Å². The second-order valence-electron chi connectivity index (χ2n) is 2.21. The van der Waals surface area contributed by atoms with Crippen LogP contribution in [0.15, 0.2) is 22.7 Å². The van der Waals surface area contributed by atoms with E-state index in [1.165, 1.54) is 18.2 Å². The van der Waals surface area contributed by atoms with Gasteiger partial charge in [0.1, 0.15) is 11.3 Å². The van der Waals surface area contributed by atoms with Crippen molar-refractivity contribution in [1.82, 2.24) is 5.16 Å². The van der Waals surface area contributed by atoms with E-state index in [0.717, 1.165) is 0 Å². The number of fused-ring (bicyclic) bond motifs is 1. The molecular weight excluding hydrogens is 147 g/mol. The van der Waals surface area contributed by atoms with Gasteiger partial charge in [-0.1, -0.05) is 5.16 Å². The molecule has 0 aliphatic rings. The summed E-state index contributed by atoms with van der Waals surface area (Å²) in [4.78, 5) is 0. The van der Waals surface area contributed by atoms with Gasteiger partial charge in [-0.3, -0.25) is 0 Å². The maximum atomic E-state index is 12.5. The van der Waals surface area contributed by atoms with Gasteiger partial charge in [-0.2, -0.15) is 0 Å². The van der Waals surface area contributed by atoms with E-state index in [1.54, 1.807) is 0 Å². The molecule has 1 aromatic heterocycles. The van der Waals surface area contributed by atoms with Gasteiger partial charge in [0, 0.05) is 6.07 Å². The number of nitrogen functional groups attached to an aromatic ring is 1. The van der Waals surface area contributed by atoms with Crippen LogP contribution in [0.25, 0.3) is 10.9 Å². The Morgan fingerprint density at radius 1 is 1.45 bits per heavy atom. The van der Waals surface area contributed by atoms with Crippen molar-refractivity contribution >= 4 is 16.8 Å². The van der Waals surface area contributed by atoms with Crippen molar-refractivity contribution in [2.24, 2.45) is 0 Å². The Morgan fingerprint density at radius 2 is 2.27 bits per heavy atom. The van der Waals surface area contributed by atoms with Gasteiger partial charge in [0.15, 0.2) is 0 Å². The van der Waals surface area contributed by atoms with E-state index in [2.05, 4.69) is 9.68 Å². The minimum absolute atomic E-state index is 0.222. The normalized spacial score (nSPS) is 10.6. The van der Waals surface area contributed by atoms with Gasteiger partial charge in [-0.05, 0) is 12.1 Å². The third-order valence-electron chi connectivity index (χ3n) is 1.47. The second-order valence-corrected chi connectivity index (χ2v) is 2.21. The van der Waals surface area contributed by atoms with Crippen molar-refractivity contribution in [2.45, 2.75) is 0 Å². The van der Waals surface area contributed by atoms with Crippen LogP contribution in [0.1, 0.15) is 0 Å². The summed E-state index contributed by atoms with van der Waals surface area (Å²) in [6.45, 7) is 0. The van der Waals surface area contributed by atoms with E-state index in [4.69, 9.17) is 5.73 Å². The fourth-order valence-electron chi connectivity index (χ4n) is 0.936. The number of nitrogens with zero attached hydrogens (tertiary/aromatic N) is 1. The molecule has 2 aromatic rings. The number of halogens is 1. The van der Waals surface area contributed by atoms with Crippen molar-refractivity contribution < 1.29 is 8.91 Å². The zero-order valence-corrected chi connectivity index (χ0v) is 5.54. The first-order valence-electron chi connectivity index (χ1n) is 3.08. The molecule has 0 saturated heterocycles. The highest BCUT2D eigenvalue weighted by Gasteiger charge is 2.03. The fraction of sp³-hybridized carbons (Fsp3) is 0. The van der Waals surface area contributed by atoms with Crippen molar-refractivity contribution in [3.63, 3.8) is 0 Å². The molecule has 0 aliphatic heterocycles. The highest BCUT2D eigenvalue weighted by Crippen LogP contribution is 2.20. The van der Waals surface area contributed by atoms with Crippen molar-refractivity contribution in [3.05, 3.63) is 24.0 Å². The molecule has 0 radical (unpaired) electrons. The number of hydrogen-bond donors (Lipinski definition) is 1. The molecule has 0 spiro atoms. The molecule has 1 heterocycles. The number of nitrogens with two attached hydrogens (primary N) is 1. The van der Waals surface area contributed by atoms with Gasteiger partial charge in [-0.15, -0.1) is 0 Å². The molecule has 0 saturated carbocycles. The van der Waals surface area contributed by atoms with E-state index in [9.17, 15) is 4.39 Å². The number of anilines is 1. The lowest BCUT2D eigenvalue weighted by molar-refractivity contribution is 0.445. The molecule has 0 atom stereocenters. The Morgan fingerprint density at radius 3 is 3.09 bits per heavy atom. The Labute approximate surface area is 61.6 Å². The van der Waals surface area contributed by atoms with E-state index >= 15 is 0 Å². The molecule has 4 heteroatoms. The summed E-state index contributed by atoms with van der Waals surface area (Å²) < 4.78 is 17.2. The number of rotatable bonds is 0. The second kappa shape index (κ2) is 1.95. The largest absolute Gasteiger partial charge is 0.367 e. The first-order chi connectivity index (χ1) is 5.27. The zero-order chi connectivity index (χ0) is 7.84. The summed E-state index contributed by atoms with van der Waals surface area (Å²) in [5.41, 5.74) is 5.82. The van der Waals surface area contributed by atoms with E-state index in [1.807, 2.05) is 0 Å². The average molecular weight is 152 g/mol. The molecule has 1 aromatic carbocycles. The molecule has 0 amide bonds. The van der Waals surface area contributed by atoms with Crippen LogP contribution in [-0.2, 0) is 0 Å². The van der Waals surface area contributed by atoms with Crippen LogP contribution in [-0.4, -0.2) is 5.16 Å². The molecule has 0 unspecified atom stereocenters. The Balaban J connectivity index is 2.86. The van der Waals surface area contributed by atoms with Crippen LogP contribution < -0.4 is 5.73 Å². The molecular formula is C7H5FN2O. The highest BCUT2D eigenvalue weighted by atomic mass is 19.1. The van der Waals surface area contributed by atoms with Gasteiger partial charge >= 0.3 is 0 Å². The summed E-state index contributed by atoms with van der Waals surface area (Å²) in [6.07, 6.45) is 0. The predicted octanol–water partition coefficient (Wildman–Crippen LogP) is 1.55. The van der Waals surface area contributed by atoms with Crippen LogP contribution in [0, 0.1) is 5.82 Å². The van der Waals surface area contributed by atoms with E-state index in [0.29, 0.717) is 10.9 Å². The van der Waals surface area contributed by atoms with Gasteiger partial charge in [0.2, 0.25) is 5.88 Å². The molecule has 56 valence electrons. The average Bonchev–Trinajstić information content (AvgIpc) is 2.32. The smallest absolute Gasteiger partial charge is 0.230 e. The SMILES string of the molecule is Nc1onc2cc(F)ccc12. The third-order valence-corrected chi connectivity index (χ3v) is 1.47. The zero-order valence-electron chi connectivity index (χ0n) is 5.54. The maximum Gasteiger partial charge on any atom is 0.230 e. The molecule has 3 nitrogen and oxygen atoms in total. The number of aromatic nitrogens is 1. The molecule has 11 heavy (non-hydrogen) atoms. The van der Waals surface area contributed by atoms with E-state index in [-0.39, 0.29) is 11.7 Å². The van der Waals surface area contributed by atoms with Crippen LogP contribution >= 0.6 is 0 Å². The lowest BCUT2D eigenvalue weighted by atomic mass is 10.2. The molecule has 2 rings (SSSR count). The lowest BCUT2D eigenvalue weighted by Gasteiger charge is -1.85. The van der Waals surface area contributed by atoms with Crippen molar-refractivity contribution in [2.75, 3.05) is 5.73 Å².